The smallest absolute Gasteiger partial charge is 0.186 e. The zero-order chi connectivity index (χ0) is 15.0. The second-order valence-electron chi connectivity index (χ2n) is 5.11. The van der Waals surface area contributed by atoms with Crippen molar-refractivity contribution in [2.75, 3.05) is 6.61 Å². The maximum Gasteiger partial charge on any atom is 0.186 e. The summed E-state index contributed by atoms with van der Waals surface area (Å²) in [4.78, 5) is 16.7. The van der Waals surface area contributed by atoms with Crippen LogP contribution in [0, 0.1) is 0 Å². The average Bonchev–Trinajstić information content (AvgIpc) is 3.06. The number of nitrogens with two attached hydrogens (primary N) is 1. The van der Waals surface area contributed by atoms with Gasteiger partial charge in [-0.2, -0.15) is 0 Å². The third kappa shape index (κ3) is 2.95. The van der Waals surface area contributed by atoms with Crippen LogP contribution >= 0.6 is 22.9 Å². The summed E-state index contributed by atoms with van der Waals surface area (Å²) < 4.78 is 5.62. The molecule has 1 atom stereocenters. The van der Waals surface area contributed by atoms with E-state index in [9.17, 15) is 4.79 Å². The Hall–Kier alpha value is -1.43. The summed E-state index contributed by atoms with van der Waals surface area (Å²) in [5.41, 5.74) is 8.13. The van der Waals surface area contributed by atoms with Gasteiger partial charge in [0, 0.05) is 28.8 Å². The normalized spacial score (nSPS) is 14.6. The summed E-state index contributed by atoms with van der Waals surface area (Å²) >= 11 is 7.52. The van der Waals surface area contributed by atoms with E-state index in [4.69, 9.17) is 22.1 Å². The highest BCUT2D eigenvalue weighted by Gasteiger charge is 2.21. The molecule has 0 radical (unpaired) electrons. The van der Waals surface area contributed by atoms with Gasteiger partial charge in [-0.25, -0.2) is 4.98 Å². The third-order valence-corrected chi connectivity index (χ3v) is 4.64. The van der Waals surface area contributed by atoms with Crippen LogP contribution in [0.3, 0.4) is 0 Å². The van der Waals surface area contributed by atoms with Gasteiger partial charge in [0.25, 0.3) is 0 Å². The molecule has 1 aromatic heterocycles. The monoisotopic (exact) mass is 322 g/mol. The fourth-order valence-corrected chi connectivity index (χ4v) is 3.41. The van der Waals surface area contributed by atoms with E-state index in [0.717, 1.165) is 28.3 Å². The largest absolute Gasteiger partial charge is 0.493 e. The molecular formula is C15H15ClN2O2S. The topological polar surface area (TPSA) is 65.2 Å². The molecule has 2 heterocycles. The zero-order valence-electron chi connectivity index (χ0n) is 11.6. The highest BCUT2D eigenvalue weighted by molar-refractivity contribution is 7.09. The fraction of sp³-hybridized carbons (Fsp3) is 0.333. The number of halogens is 1. The van der Waals surface area contributed by atoms with Crippen LogP contribution in [0.1, 0.15) is 39.6 Å². The molecule has 2 N–H and O–H groups in total. The van der Waals surface area contributed by atoms with Crippen LogP contribution in [0.25, 0.3) is 0 Å². The first kappa shape index (κ1) is 14.5. The summed E-state index contributed by atoms with van der Waals surface area (Å²) in [6.07, 6.45) is 1.08. The van der Waals surface area contributed by atoms with E-state index >= 15 is 0 Å². The van der Waals surface area contributed by atoms with Crippen LogP contribution in [0.15, 0.2) is 17.5 Å². The number of hydrogen-bond donors (Lipinski definition) is 1. The standard InChI is InChI=1S/C15H15ClN2O2S/c1-8(17)15-18-12(7-21-15)13(19)6-10-5-11(16)4-9-2-3-20-14(9)10/h4-5,7-8H,2-3,6,17H2,1H3. The van der Waals surface area contributed by atoms with Gasteiger partial charge in [-0.1, -0.05) is 11.6 Å². The molecule has 21 heavy (non-hydrogen) atoms. The average molecular weight is 323 g/mol. The minimum atomic E-state index is -0.157. The van der Waals surface area contributed by atoms with E-state index in [1.807, 2.05) is 13.0 Å². The van der Waals surface area contributed by atoms with E-state index in [0.29, 0.717) is 17.3 Å². The van der Waals surface area contributed by atoms with Gasteiger partial charge < -0.3 is 10.5 Å². The maximum absolute atomic E-state index is 12.4. The first-order valence-corrected chi connectivity index (χ1v) is 7.98. The molecule has 4 nitrogen and oxygen atoms in total. The van der Waals surface area contributed by atoms with Gasteiger partial charge in [0.2, 0.25) is 0 Å². The van der Waals surface area contributed by atoms with Crippen molar-refractivity contribution in [1.82, 2.24) is 4.98 Å². The highest BCUT2D eigenvalue weighted by atomic mass is 35.5. The lowest BCUT2D eigenvalue weighted by Gasteiger charge is -2.07. The molecule has 1 aliphatic heterocycles. The third-order valence-electron chi connectivity index (χ3n) is 3.37. The van der Waals surface area contributed by atoms with E-state index in [1.54, 1.807) is 11.4 Å². The highest BCUT2D eigenvalue weighted by Crippen LogP contribution is 2.33. The van der Waals surface area contributed by atoms with Gasteiger partial charge in [0.05, 0.1) is 12.6 Å². The Balaban J connectivity index is 1.85. The van der Waals surface area contributed by atoms with Crippen LogP contribution in [0.5, 0.6) is 5.75 Å². The molecule has 1 aromatic carbocycles. The molecule has 0 spiro atoms. The second-order valence-corrected chi connectivity index (χ2v) is 6.44. The number of benzene rings is 1. The molecule has 1 aliphatic rings. The Morgan fingerprint density at radius 2 is 2.38 bits per heavy atom. The number of hydrogen-bond acceptors (Lipinski definition) is 5. The molecule has 110 valence electrons. The van der Waals surface area contributed by atoms with E-state index in [2.05, 4.69) is 4.98 Å². The Bertz CT molecular complexity index is 697. The van der Waals surface area contributed by atoms with Gasteiger partial charge in [-0.3, -0.25) is 4.79 Å². The maximum atomic E-state index is 12.4. The summed E-state index contributed by atoms with van der Waals surface area (Å²) in [5, 5.41) is 3.16. The molecule has 0 saturated heterocycles. The SMILES string of the molecule is CC(N)c1nc(C(=O)Cc2cc(Cl)cc3c2OCC3)cs1. The second kappa shape index (κ2) is 5.75. The molecule has 6 heteroatoms. The number of nitrogens with zero attached hydrogens (tertiary/aromatic N) is 1. The minimum Gasteiger partial charge on any atom is -0.493 e. The summed E-state index contributed by atoms with van der Waals surface area (Å²) in [6, 6.07) is 3.53. The van der Waals surface area contributed by atoms with E-state index < -0.39 is 0 Å². The molecular weight excluding hydrogens is 308 g/mol. The quantitative estimate of drug-likeness (QED) is 0.878. The predicted molar refractivity (Wildman–Crippen MR) is 83.4 cm³/mol. The minimum absolute atomic E-state index is 0.0434. The Morgan fingerprint density at radius 1 is 1.57 bits per heavy atom. The molecule has 0 aliphatic carbocycles. The molecule has 0 bridgehead atoms. The first-order chi connectivity index (χ1) is 10.0. The van der Waals surface area contributed by atoms with Crippen molar-refractivity contribution < 1.29 is 9.53 Å². The molecule has 2 aromatic rings. The number of thiazole rings is 1. The Labute approximate surface area is 131 Å². The van der Waals surface area contributed by atoms with Crippen molar-refractivity contribution in [1.29, 1.82) is 0 Å². The van der Waals surface area contributed by atoms with Crippen LogP contribution in [0.2, 0.25) is 5.02 Å². The number of carbonyl (C=O) groups excluding carboxylic acids is 1. The lowest BCUT2D eigenvalue weighted by atomic mass is 10.0. The molecule has 1 unspecified atom stereocenters. The molecule has 0 amide bonds. The number of rotatable bonds is 4. The van der Waals surface area contributed by atoms with Crippen molar-refractivity contribution in [3.63, 3.8) is 0 Å². The van der Waals surface area contributed by atoms with Crippen molar-refractivity contribution in [2.24, 2.45) is 5.73 Å². The summed E-state index contributed by atoms with van der Waals surface area (Å²) in [5.74, 6) is 0.758. The number of aromatic nitrogens is 1. The van der Waals surface area contributed by atoms with Crippen LogP contribution in [0.4, 0.5) is 0 Å². The van der Waals surface area contributed by atoms with Gasteiger partial charge >= 0.3 is 0 Å². The molecule has 0 fully saturated rings. The van der Waals surface area contributed by atoms with Gasteiger partial charge in [-0.15, -0.1) is 11.3 Å². The fourth-order valence-electron chi connectivity index (χ4n) is 2.37. The van der Waals surface area contributed by atoms with E-state index in [1.165, 1.54) is 11.3 Å². The van der Waals surface area contributed by atoms with Crippen LogP contribution in [-0.2, 0) is 12.8 Å². The van der Waals surface area contributed by atoms with Crippen LogP contribution in [-0.4, -0.2) is 17.4 Å². The predicted octanol–water partition coefficient (Wildman–Crippen LogP) is 3.18. The first-order valence-electron chi connectivity index (χ1n) is 6.73. The lowest BCUT2D eigenvalue weighted by molar-refractivity contribution is 0.0987. The number of ketones is 1. The van der Waals surface area contributed by atoms with Crippen molar-refractivity contribution in [3.8, 4) is 5.75 Å². The van der Waals surface area contributed by atoms with E-state index in [-0.39, 0.29) is 18.2 Å². The van der Waals surface area contributed by atoms with Gasteiger partial charge in [0.15, 0.2) is 5.78 Å². The van der Waals surface area contributed by atoms with Crippen LogP contribution < -0.4 is 10.5 Å². The Morgan fingerprint density at radius 3 is 3.10 bits per heavy atom. The number of ether oxygens (including phenoxy) is 1. The Kier molecular flexibility index (Phi) is 3.97. The zero-order valence-corrected chi connectivity index (χ0v) is 13.1. The van der Waals surface area contributed by atoms with Crippen molar-refractivity contribution in [2.45, 2.75) is 25.8 Å². The summed E-state index contributed by atoms with van der Waals surface area (Å²) in [7, 11) is 0. The molecule has 0 saturated carbocycles. The number of fused-ring (bicyclic) bond motifs is 1. The number of Topliss-reactive ketones (excluding diaryl/α,β-unsaturated/α-hetero) is 1. The van der Waals surface area contributed by atoms with Crippen molar-refractivity contribution in [3.05, 3.63) is 44.4 Å². The van der Waals surface area contributed by atoms with Gasteiger partial charge in [0.1, 0.15) is 16.5 Å². The molecule has 3 rings (SSSR count). The lowest BCUT2D eigenvalue weighted by Crippen LogP contribution is -2.08. The van der Waals surface area contributed by atoms with Crippen molar-refractivity contribution >= 4 is 28.7 Å². The number of carbonyl (C=O) groups is 1. The van der Waals surface area contributed by atoms with Gasteiger partial charge in [-0.05, 0) is 24.6 Å². The summed E-state index contributed by atoms with van der Waals surface area (Å²) in [6.45, 7) is 2.49.